The number of benzene rings is 1. The second-order valence-corrected chi connectivity index (χ2v) is 7.06. The molecule has 6 heteroatoms. The molecular weight excluding hydrogens is 312 g/mol. The second kappa shape index (κ2) is 7.08. The van der Waals surface area contributed by atoms with E-state index in [1.54, 1.807) is 16.2 Å². The molecule has 3 rings (SSSR count). The van der Waals surface area contributed by atoms with Crippen LogP contribution in [0, 0.1) is 5.92 Å². The third-order valence-electron chi connectivity index (χ3n) is 4.24. The van der Waals surface area contributed by atoms with Gasteiger partial charge in [0, 0.05) is 19.5 Å². The molecule has 2 heterocycles. The number of aliphatic carboxylic acids is 1. The first kappa shape index (κ1) is 15.9. The summed E-state index contributed by atoms with van der Waals surface area (Å²) in [6.45, 7) is 1.04. The van der Waals surface area contributed by atoms with Gasteiger partial charge in [-0.3, -0.25) is 9.59 Å². The number of para-hydroxylation sites is 1. The van der Waals surface area contributed by atoms with Gasteiger partial charge in [-0.15, -0.1) is 11.3 Å². The summed E-state index contributed by atoms with van der Waals surface area (Å²) in [5.74, 6) is -1.13. The van der Waals surface area contributed by atoms with Crippen molar-refractivity contribution in [1.82, 2.24) is 9.88 Å². The number of hydrogen-bond acceptors (Lipinski definition) is 4. The molecule has 23 heavy (non-hydrogen) atoms. The van der Waals surface area contributed by atoms with E-state index in [0.717, 1.165) is 29.8 Å². The SMILES string of the molecule is O=C(O)[C@H]1CCCN(C(=O)CCCc2nc3ccccc3s2)C1. The number of carboxylic acids is 1. The van der Waals surface area contributed by atoms with Crippen LogP contribution in [0.4, 0.5) is 0 Å². The minimum atomic E-state index is -0.794. The number of carbonyl (C=O) groups is 2. The van der Waals surface area contributed by atoms with E-state index in [2.05, 4.69) is 11.1 Å². The van der Waals surface area contributed by atoms with E-state index in [-0.39, 0.29) is 5.91 Å². The average Bonchev–Trinajstić information content (AvgIpc) is 2.97. The van der Waals surface area contributed by atoms with Crippen LogP contribution in [-0.2, 0) is 16.0 Å². The molecule has 0 spiro atoms. The van der Waals surface area contributed by atoms with Crippen molar-refractivity contribution in [1.29, 1.82) is 0 Å². The first-order chi connectivity index (χ1) is 11.1. The molecule has 0 bridgehead atoms. The van der Waals surface area contributed by atoms with Crippen molar-refractivity contribution in [3.8, 4) is 0 Å². The Balaban J connectivity index is 1.50. The Morgan fingerprint density at radius 1 is 1.35 bits per heavy atom. The third-order valence-corrected chi connectivity index (χ3v) is 5.34. The fourth-order valence-corrected chi connectivity index (χ4v) is 3.99. The monoisotopic (exact) mass is 332 g/mol. The van der Waals surface area contributed by atoms with Crippen molar-refractivity contribution < 1.29 is 14.7 Å². The van der Waals surface area contributed by atoms with Crippen LogP contribution in [0.5, 0.6) is 0 Å². The normalized spacial score (nSPS) is 18.3. The maximum atomic E-state index is 12.2. The number of rotatable bonds is 5. The van der Waals surface area contributed by atoms with Crippen LogP contribution in [0.1, 0.15) is 30.7 Å². The number of carbonyl (C=O) groups excluding carboxylic acids is 1. The minimum Gasteiger partial charge on any atom is -0.481 e. The standard InChI is InChI=1S/C17H20N2O3S/c20-16(19-10-4-5-12(11-19)17(21)22)9-3-8-15-18-13-6-1-2-7-14(13)23-15/h1-2,6-7,12H,3-5,8-11H2,(H,21,22)/t12-/m0/s1. The van der Waals surface area contributed by atoms with Gasteiger partial charge in [-0.25, -0.2) is 4.98 Å². The Hall–Kier alpha value is -1.95. The lowest BCUT2D eigenvalue weighted by Gasteiger charge is -2.30. The molecule has 1 amide bonds. The highest BCUT2D eigenvalue weighted by Crippen LogP contribution is 2.23. The fourth-order valence-electron chi connectivity index (χ4n) is 2.98. The molecule has 0 unspecified atom stereocenters. The van der Waals surface area contributed by atoms with Crippen molar-refractivity contribution in [2.75, 3.05) is 13.1 Å². The summed E-state index contributed by atoms with van der Waals surface area (Å²) in [6, 6.07) is 8.04. The smallest absolute Gasteiger partial charge is 0.308 e. The van der Waals surface area contributed by atoms with E-state index < -0.39 is 11.9 Å². The number of nitrogens with zero attached hydrogens (tertiary/aromatic N) is 2. The number of carboxylic acid groups (broad SMARTS) is 1. The van der Waals surface area contributed by atoms with Crippen LogP contribution in [-0.4, -0.2) is 40.0 Å². The summed E-state index contributed by atoms with van der Waals surface area (Å²) in [4.78, 5) is 29.6. The van der Waals surface area contributed by atoms with E-state index in [9.17, 15) is 9.59 Å². The largest absolute Gasteiger partial charge is 0.481 e. The van der Waals surface area contributed by atoms with Crippen molar-refractivity contribution in [3.05, 3.63) is 29.3 Å². The van der Waals surface area contributed by atoms with Gasteiger partial charge in [0.15, 0.2) is 0 Å². The van der Waals surface area contributed by atoms with Gasteiger partial charge in [-0.1, -0.05) is 12.1 Å². The van der Waals surface area contributed by atoms with Crippen LogP contribution in [0.15, 0.2) is 24.3 Å². The lowest BCUT2D eigenvalue weighted by atomic mass is 9.98. The minimum absolute atomic E-state index is 0.0667. The summed E-state index contributed by atoms with van der Waals surface area (Å²) in [7, 11) is 0. The third kappa shape index (κ3) is 3.88. The van der Waals surface area contributed by atoms with Crippen molar-refractivity contribution in [2.45, 2.75) is 32.1 Å². The highest BCUT2D eigenvalue weighted by Gasteiger charge is 2.27. The summed E-state index contributed by atoms with van der Waals surface area (Å²) in [5.41, 5.74) is 1.01. The van der Waals surface area contributed by atoms with Gasteiger partial charge in [-0.05, 0) is 37.8 Å². The molecule has 2 aromatic rings. The Morgan fingerprint density at radius 2 is 2.17 bits per heavy atom. The number of piperidine rings is 1. The Bertz CT molecular complexity index is 680. The van der Waals surface area contributed by atoms with Crippen LogP contribution >= 0.6 is 11.3 Å². The molecule has 1 atom stereocenters. The number of aryl methyl sites for hydroxylation is 1. The predicted octanol–water partition coefficient (Wildman–Crippen LogP) is 2.94. The molecule has 5 nitrogen and oxygen atoms in total. The van der Waals surface area contributed by atoms with Crippen molar-refractivity contribution in [2.24, 2.45) is 5.92 Å². The molecule has 1 aromatic carbocycles. The van der Waals surface area contributed by atoms with Gasteiger partial charge < -0.3 is 10.0 Å². The van der Waals surface area contributed by atoms with Crippen LogP contribution in [0.3, 0.4) is 0 Å². The summed E-state index contributed by atoms with van der Waals surface area (Å²) < 4.78 is 1.18. The lowest BCUT2D eigenvalue weighted by Crippen LogP contribution is -2.42. The fraction of sp³-hybridized carbons (Fsp3) is 0.471. The van der Waals surface area contributed by atoms with E-state index in [0.29, 0.717) is 25.9 Å². The van der Waals surface area contributed by atoms with Gasteiger partial charge in [-0.2, -0.15) is 0 Å². The summed E-state index contributed by atoms with van der Waals surface area (Å²) in [5, 5.41) is 10.1. The number of fused-ring (bicyclic) bond motifs is 1. The zero-order valence-corrected chi connectivity index (χ0v) is 13.7. The lowest BCUT2D eigenvalue weighted by molar-refractivity contribution is -0.145. The van der Waals surface area contributed by atoms with E-state index in [1.807, 2.05) is 18.2 Å². The molecule has 1 aliphatic rings. The highest BCUT2D eigenvalue weighted by molar-refractivity contribution is 7.18. The maximum absolute atomic E-state index is 12.2. The number of hydrogen-bond donors (Lipinski definition) is 1. The first-order valence-corrected chi connectivity index (χ1v) is 8.80. The Morgan fingerprint density at radius 3 is 2.96 bits per heavy atom. The number of thiazole rings is 1. The molecule has 1 aromatic heterocycles. The van der Waals surface area contributed by atoms with Crippen LogP contribution in [0.2, 0.25) is 0 Å². The summed E-state index contributed by atoms with van der Waals surface area (Å²) in [6.07, 6.45) is 3.46. The number of likely N-dealkylation sites (tertiary alicyclic amines) is 1. The highest BCUT2D eigenvalue weighted by atomic mass is 32.1. The zero-order valence-electron chi connectivity index (χ0n) is 12.9. The molecule has 122 valence electrons. The summed E-state index contributed by atoms with van der Waals surface area (Å²) >= 11 is 1.68. The number of aromatic nitrogens is 1. The topological polar surface area (TPSA) is 70.5 Å². The maximum Gasteiger partial charge on any atom is 0.308 e. The number of amides is 1. The van der Waals surface area contributed by atoms with Crippen molar-refractivity contribution in [3.63, 3.8) is 0 Å². The van der Waals surface area contributed by atoms with E-state index >= 15 is 0 Å². The molecule has 1 N–H and O–H groups in total. The Kier molecular flexibility index (Phi) is 4.91. The average molecular weight is 332 g/mol. The Labute approximate surface area is 138 Å². The quantitative estimate of drug-likeness (QED) is 0.914. The van der Waals surface area contributed by atoms with Gasteiger partial charge in [0.1, 0.15) is 0 Å². The van der Waals surface area contributed by atoms with Gasteiger partial charge in [0.2, 0.25) is 5.91 Å². The molecule has 1 aliphatic heterocycles. The van der Waals surface area contributed by atoms with Crippen LogP contribution < -0.4 is 0 Å². The molecule has 1 saturated heterocycles. The van der Waals surface area contributed by atoms with Crippen LogP contribution in [0.25, 0.3) is 10.2 Å². The molecule has 0 aliphatic carbocycles. The molecule has 0 saturated carbocycles. The van der Waals surface area contributed by atoms with E-state index in [1.165, 1.54) is 4.70 Å². The molecule has 1 fully saturated rings. The molecule has 0 radical (unpaired) electrons. The van der Waals surface area contributed by atoms with E-state index in [4.69, 9.17) is 5.11 Å². The van der Waals surface area contributed by atoms with Gasteiger partial charge >= 0.3 is 5.97 Å². The predicted molar refractivity (Wildman–Crippen MR) is 89.5 cm³/mol. The van der Waals surface area contributed by atoms with Gasteiger partial charge in [0.25, 0.3) is 0 Å². The molecular formula is C17H20N2O3S. The van der Waals surface area contributed by atoms with Gasteiger partial charge in [0.05, 0.1) is 21.1 Å². The first-order valence-electron chi connectivity index (χ1n) is 7.98. The zero-order chi connectivity index (χ0) is 16.2. The van der Waals surface area contributed by atoms with Crippen molar-refractivity contribution >= 4 is 33.4 Å². The second-order valence-electron chi connectivity index (χ2n) is 5.95.